The van der Waals surface area contributed by atoms with E-state index in [1.54, 1.807) is 0 Å². The van der Waals surface area contributed by atoms with E-state index in [9.17, 15) is 0 Å². The fourth-order valence-electron chi connectivity index (χ4n) is 3.72. The van der Waals surface area contributed by atoms with Gasteiger partial charge in [-0.2, -0.15) is 0 Å². The summed E-state index contributed by atoms with van der Waals surface area (Å²) in [6.07, 6.45) is 3.07. The van der Waals surface area contributed by atoms with Gasteiger partial charge in [0.1, 0.15) is 0 Å². The average molecular weight is 361 g/mol. The molecule has 3 rings (SSSR count). The van der Waals surface area contributed by atoms with Crippen LogP contribution in [0.3, 0.4) is 0 Å². The summed E-state index contributed by atoms with van der Waals surface area (Å²) >= 11 is 0. The van der Waals surface area contributed by atoms with Crippen LogP contribution in [0.4, 0.5) is 0 Å². The molecule has 0 bridgehead atoms. The molecule has 0 aliphatic heterocycles. The number of nitrogens with zero attached hydrogens (tertiary/aromatic N) is 3. The molecule has 0 aliphatic carbocycles. The summed E-state index contributed by atoms with van der Waals surface area (Å²) in [7, 11) is -2.12. The minimum atomic E-state index is -2.12. The van der Waals surface area contributed by atoms with Crippen molar-refractivity contribution >= 4 is 23.2 Å². The van der Waals surface area contributed by atoms with E-state index in [0.29, 0.717) is 6.54 Å². The molecule has 3 nitrogen and oxygen atoms in total. The number of hydrogen-bond acceptors (Lipinski definition) is 1. The van der Waals surface area contributed by atoms with Crippen molar-refractivity contribution in [3.05, 3.63) is 101 Å². The quantitative estimate of drug-likeness (QED) is 0.182. The molecule has 0 aliphatic rings. The van der Waals surface area contributed by atoms with Crippen LogP contribution in [0, 0.1) is 0 Å². The fourth-order valence-corrected chi connectivity index (χ4v) is 8.65. The molecule has 0 saturated carbocycles. The van der Waals surface area contributed by atoms with Crippen molar-refractivity contribution in [2.75, 3.05) is 12.7 Å². The molecule has 0 N–H and O–H groups in total. The first kappa shape index (κ1) is 18.2. The molecule has 4 heteroatoms. The van der Waals surface area contributed by atoms with Crippen LogP contribution in [0.2, 0.25) is 0 Å². The monoisotopic (exact) mass is 361 g/mol. The Morgan fingerprint density at radius 2 is 1.08 bits per heavy atom. The Hall–Kier alpha value is -2.60. The van der Waals surface area contributed by atoms with Gasteiger partial charge in [-0.3, -0.25) is 0 Å². The first-order valence-corrected chi connectivity index (χ1v) is 11.3. The molecule has 0 spiro atoms. The molecule has 0 saturated heterocycles. The fraction of sp³-hybridized carbons (Fsp3) is 0.182. The summed E-state index contributed by atoms with van der Waals surface area (Å²) in [5.74, 6) is 0. The van der Waals surface area contributed by atoms with E-state index in [0.717, 1.165) is 19.0 Å². The molecule has 132 valence electrons. The van der Waals surface area contributed by atoms with Crippen LogP contribution >= 0.6 is 7.26 Å². The molecule has 0 radical (unpaired) electrons. The zero-order chi connectivity index (χ0) is 18.1. The van der Waals surface area contributed by atoms with E-state index in [1.807, 2.05) is 0 Å². The molecule has 0 atom stereocenters. The molecule has 3 aromatic rings. The Balaban J connectivity index is 2.10. The number of rotatable bonds is 8. The molecule has 0 unspecified atom stereocenters. The van der Waals surface area contributed by atoms with Gasteiger partial charge in [0, 0.05) is 0 Å². The number of azide groups is 1. The zero-order valence-electron chi connectivity index (χ0n) is 14.8. The Labute approximate surface area is 155 Å². The van der Waals surface area contributed by atoms with Gasteiger partial charge in [0.2, 0.25) is 0 Å². The molecule has 26 heavy (non-hydrogen) atoms. The Morgan fingerprint density at radius 1 is 0.654 bits per heavy atom. The third-order valence-electron chi connectivity index (χ3n) is 4.92. The van der Waals surface area contributed by atoms with Crippen LogP contribution in [-0.4, -0.2) is 12.7 Å². The first-order valence-electron chi connectivity index (χ1n) is 9.05. The van der Waals surface area contributed by atoms with Crippen molar-refractivity contribution in [1.82, 2.24) is 0 Å². The maximum absolute atomic E-state index is 8.53. The van der Waals surface area contributed by atoms with E-state index < -0.39 is 7.26 Å². The minimum absolute atomic E-state index is 0.569. The van der Waals surface area contributed by atoms with E-state index in [4.69, 9.17) is 5.53 Å². The average Bonchev–Trinajstić information content (AvgIpc) is 2.73. The van der Waals surface area contributed by atoms with Crippen molar-refractivity contribution < 1.29 is 0 Å². The summed E-state index contributed by atoms with van der Waals surface area (Å²) in [5.41, 5.74) is 8.53. The molecule has 0 amide bonds. The predicted octanol–water partition coefficient (Wildman–Crippen LogP) is 4.80. The van der Waals surface area contributed by atoms with Crippen LogP contribution in [0.1, 0.15) is 12.8 Å². The second kappa shape index (κ2) is 9.20. The van der Waals surface area contributed by atoms with Crippen molar-refractivity contribution in [2.24, 2.45) is 5.11 Å². The Bertz CT molecular complexity index is 748. The second-order valence-electron chi connectivity index (χ2n) is 6.41. The van der Waals surface area contributed by atoms with Gasteiger partial charge in [-0.25, -0.2) is 0 Å². The summed E-state index contributed by atoms with van der Waals surface area (Å²) in [6, 6.07) is 32.8. The second-order valence-corrected chi connectivity index (χ2v) is 10.5. The van der Waals surface area contributed by atoms with E-state index in [1.165, 1.54) is 15.9 Å². The van der Waals surface area contributed by atoms with Crippen LogP contribution in [0.15, 0.2) is 96.1 Å². The molecule has 0 aromatic heterocycles. The summed E-state index contributed by atoms with van der Waals surface area (Å²) in [5, 5.41) is 8.00. The van der Waals surface area contributed by atoms with E-state index >= 15 is 0 Å². The van der Waals surface area contributed by atoms with Gasteiger partial charge < -0.3 is 0 Å². The number of hydrogen-bond donors (Lipinski definition) is 0. The van der Waals surface area contributed by atoms with Gasteiger partial charge in [-0.15, -0.1) is 0 Å². The van der Waals surface area contributed by atoms with Crippen molar-refractivity contribution in [1.29, 1.82) is 0 Å². The van der Waals surface area contributed by atoms with Crippen molar-refractivity contribution in [3.8, 4) is 0 Å². The van der Waals surface area contributed by atoms with Crippen molar-refractivity contribution in [2.45, 2.75) is 12.8 Å². The van der Waals surface area contributed by atoms with Crippen molar-refractivity contribution in [3.63, 3.8) is 0 Å². The molecule has 3 aromatic carbocycles. The van der Waals surface area contributed by atoms with Gasteiger partial charge in [0.15, 0.2) is 0 Å². The standard InChI is InChI=1S/C22H24N3P/c23-25-24-18-10-11-19-26(20-12-4-1-5-13-20,21-14-6-2-7-15-21)22-16-8-3-9-17-22/h1-9,12-17,26H,10-11,18-19H2. The third kappa shape index (κ3) is 3.96. The van der Waals surface area contributed by atoms with Gasteiger partial charge in [-0.05, 0) is 0 Å². The first-order chi connectivity index (χ1) is 12.9. The molecule has 0 heterocycles. The number of benzene rings is 3. The van der Waals surface area contributed by atoms with E-state index in [2.05, 4.69) is 101 Å². The zero-order valence-corrected chi connectivity index (χ0v) is 15.8. The Kier molecular flexibility index (Phi) is 6.44. The van der Waals surface area contributed by atoms with Crippen LogP contribution in [-0.2, 0) is 0 Å². The summed E-state index contributed by atoms with van der Waals surface area (Å²) in [4.78, 5) is 2.88. The van der Waals surface area contributed by atoms with E-state index in [-0.39, 0.29) is 0 Å². The summed E-state index contributed by atoms with van der Waals surface area (Å²) < 4.78 is 0. The molecular formula is C22H24N3P. The van der Waals surface area contributed by atoms with Gasteiger partial charge >= 0.3 is 155 Å². The molecular weight excluding hydrogens is 337 g/mol. The number of unbranched alkanes of at least 4 members (excludes halogenated alkanes) is 1. The van der Waals surface area contributed by atoms with Crippen LogP contribution in [0.5, 0.6) is 0 Å². The Morgan fingerprint density at radius 3 is 1.46 bits per heavy atom. The van der Waals surface area contributed by atoms with Gasteiger partial charge in [0.25, 0.3) is 0 Å². The topological polar surface area (TPSA) is 48.8 Å². The predicted molar refractivity (Wildman–Crippen MR) is 115 cm³/mol. The SMILES string of the molecule is [N-]=[N+]=NCCCC[PH](c1ccccc1)(c1ccccc1)c1ccccc1. The normalized spacial score (nSPS) is 11.5. The molecule has 0 fully saturated rings. The van der Waals surface area contributed by atoms with Gasteiger partial charge in [0.05, 0.1) is 0 Å². The summed E-state index contributed by atoms with van der Waals surface area (Å²) in [6.45, 7) is 0.569. The maximum atomic E-state index is 8.53. The van der Waals surface area contributed by atoms with Crippen LogP contribution in [0.25, 0.3) is 10.4 Å². The third-order valence-corrected chi connectivity index (χ3v) is 9.98. The van der Waals surface area contributed by atoms with Crippen LogP contribution < -0.4 is 15.9 Å². The van der Waals surface area contributed by atoms with Gasteiger partial charge in [-0.1, -0.05) is 0 Å².